The van der Waals surface area contributed by atoms with Crippen molar-refractivity contribution in [1.29, 1.82) is 0 Å². The molecule has 0 spiro atoms. The fourth-order valence-electron chi connectivity index (χ4n) is 1.94. The van der Waals surface area contributed by atoms with E-state index in [1.54, 1.807) is 0 Å². The lowest BCUT2D eigenvalue weighted by Crippen LogP contribution is -2.27. The second-order valence-electron chi connectivity index (χ2n) is 6.71. The van der Waals surface area contributed by atoms with Crippen LogP contribution in [0.4, 0.5) is 0 Å². The molecule has 0 aromatic carbocycles. The first kappa shape index (κ1) is 14.7. The largest absolute Gasteiger partial charge is 0.319 e. The van der Waals surface area contributed by atoms with Crippen LogP contribution >= 0.6 is 11.3 Å². The van der Waals surface area contributed by atoms with E-state index in [-0.39, 0.29) is 0 Å². The SMILES string of the molecule is CNCC(C)(C)CCc1ccc(C(C)(C)C)s1. The predicted octanol–water partition coefficient (Wildman–Crippen LogP) is 4.22. The molecule has 1 heterocycles. The number of hydrogen-bond donors (Lipinski definition) is 1. The maximum atomic E-state index is 3.28. The van der Waals surface area contributed by atoms with Crippen molar-refractivity contribution in [3.8, 4) is 0 Å². The van der Waals surface area contributed by atoms with Crippen molar-refractivity contribution in [2.75, 3.05) is 13.6 Å². The van der Waals surface area contributed by atoms with Gasteiger partial charge in [-0.05, 0) is 49.4 Å². The lowest BCUT2D eigenvalue weighted by Gasteiger charge is -2.23. The molecular weight excluding hydrogens is 226 g/mol. The van der Waals surface area contributed by atoms with Crippen molar-refractivity contribution in [2.24, 2.45) is 5.41 Å². The lowest BCUT2D eigenvalue weighted by molar-refractivity contribution is 0.325. The van der Waals surface area contributed by atoms with Crippen molar-refractivity contribution < 1.29 is 0 Å². The van der Waals surface area contributed by atoms with Crippen molar-refractivity contribution in [2.45, 2.75) is 52.9 Å². The monoisotopic (exact) mass is 253 g/mol. The van der Waals surface area contributed by atoms with E-state index in [4.69, 9.17) is 0 Å². The molecule has 1 aromatic rings. The molecule has 0 fully saturated rings. The maximum Gasteiger partial charge on any atom is 0.0102 e. The number of hydrogen-bond acceptors (Lipinski definition) is 2. The van der Waals surface area contributed by atoms with Crippen molar-refractivity contribution in [1.82, 2.24) is 5.32 Å². The maximum absolute atomic E-state index is 3.28. The third-order valence-electron chi connectivity index (χ3n) is 3.10. The van der Waals surface area contributed by atoms with Crippen LogP contribution in [-0.2, 0) is 11.8 Å². The van der Waals surface area contributed by atoms with Crippen LogP contribution in [0.1, 0.15) is 50.8 Å². The third kappa shape index (κ3) is 4.81. The normalized spacial score (nSPS) is 13.1. The minimum absolute atomic E-state index is 0.295. The zero-order valence-corrected chi connectivity index (χ0v) is 13.0. The zero-order chi connectivity index (χ0) is 13.1. The van der Waals surface area contributed by atoms with E-state index in [1.807, 2.05) is 18.4 Å². The molecule has 1 rings (SSSR count). The summed E-state index contributed by atoms with van der Waals surface area (Å²) in [5.41, 5.74) is 0.685. The first-order chi connectivity index (χ1) is 7.74. The second-order valence-corrected chi connectivity index (χ2v) is 7.88. The van der Waals surface area contributed by atoms with Crippen molar-refractivity contribution in [3.05, 3.63) is 21.9 Å². The molecule has 0 unspecified atom stereocenters. The van der Waals surface area contributed by atoms with Crippen LogP contribution in [0.25, 0.3) is 0 Å². The standard InChI is InChI=1S/C15H27NS/c1-14(2,3)13-8-7-12(17-13)9-10-15(4,5)11-16-6/h7-8,16H,9-11H2,1-6H3. The molecule has 0 aliphatic heterocycles. The minimum atomic E-state index is 0.295. The van der Waals surface area contributed by atoms with E-state index in [9.17, 15) is 0 Å². The van der Waals surface area contributed by atoms with Crippen molar-refractivity contribution >= 4 is 11.3 Å². The summed E-state index contributed by atoms with van der Waals surface area (Å²) in [5, 5.41) is 3.28. The van der Waals surface area contributed by atoms with Gasteiger partial charge in [0.25, 0.3) is 0 Å². The second kappa shape index (κ2) is 5.53. The van der Waals surface area contributed by atoms with Crippen LogP contribution in [0.3, 0.4) is 0 Å². The Balaban J connectivity index is 2.56. The molecule has 0 amide bonds. The average Bonchev–Trinajstić information content (AvgIpc) is 2.62. The Bertz CT molecular complexity index is 344. The molecule has 0 radical (unpaired) electrons. The summed E-state index contributed by atoms with van der Waals surface area (Å²) < 4.78 is 0. The van der Waals surface area contributed by atoms with Gasteiger partial charge in [0.15, 0.2) is 0 Å². The van der Waals surface area contributed by atoms with Gasteiger partial charge in [0.05, 0.1) is 0 Å². The van der Waals surface area contributed by atoms with Crippen LogP contribution in [0.5, 0.6) is 0 Å². The number of rotatable bonds is 5. The topological polar surface area (TPSA) is 12.0 Å². The minimum Gasteiger partial charge on any atom is -0.319 e. The Hall–Kier alpha value is -0.340. The average molecular weight is 253 g/mol. The highest BCUT2D eigenvalue weighted by Gasteiger charge is 2.19. The van der Waals surface area contributed by atoms with Gasteiger partial charge < -0.3 is 5.32 Å². The Morgan fingerprint density at radius 2 is 1.76 bits per heavy atom. The quantitative estimate of drug-likeness (QED) is 0.828. The number of aryl methyl sites for hydroxylation is 1. The summed E-state index contributed by atoms with van der Waals surface area (Å²) in [4.78, 5) is 3.03. The summed E-state index contributed by atoms with van der Waals surface area (Å²) in [5.74, 6) is 0. The van der Waals surface area contributed by atoms with Crippen LogP contribution in [-0.4, -0.2) is 13.6 Å². The molecule has 1 aromatic heterocycles. The summed E-state index contributed by atoms with van der Waals surface area (Å²) >= 11 is 1.98. The van der Waals surface area contributed by atoms with Crippen LogP contribution < -0.4 is 5.32 Å². The van der Waals surface area contributed by atoms with Crippen LogP contribution in [0, 0.1) is 5.41 Å². The molecule has 0 atom stereocenters. The fraction of sp³-hybridized carbons (Fsp3) is 0.733. The highest BCUT2D eigenvalue weighted by atomic mass is 32.1. The molecule has 0 saturated heterocycles. The third-order valence-corrected chi connectivity index (χ3v) is 4.68. The molecular formula is C15H27NS. The molecule has 2 heteroatoms. The predicted molar refractivity (Wildman–Crippen MR) is 79.0 cm³/mol. The van der Waals surface area contributed by atoms with Gasteiger partial charge in [-0.3, -0.25) is 0 Å². The van der Waals surface area contributed by atoms with E-state index in [1.165, 1.54) is 22.6 Å². The van der Waals surface area contributed by atoms with Gasteiger partial charge in [-0.25, -0.2) is 0 Å². The highest BCUT2D eigenvalue weighted by Crippen LogP contribution is 2.31. The molecule has 17 heavy (non-hydrogen) atoms. The van der Waals surface area contributed by atoms with Gasteiger partial charge in [0, 0.05) is 9.75 Å². The molecule has 1 nitrogen and oxygen atoms in total. The van der Waals surface area contributed by atoms with E-state index in [2.05, 4.69) is 52.1 Å². The van der Waals surface area contributed by atoms with Crippen LogP contribution in [0.2, 0.25) is 0 Å². The Kier molecular flexibility index (Phi) is 4.79. The van der Waals surface area contributed by atoms with Crippen LogP contribution in [0.15, 0.2) is 12.1 Å². The summed E-state index contributed by atoms with van der Waals surface area (Å²) in [6, 6.07) is 4.60. The van der Waals surface area contributed by atoms with E-state index < -0.39 is 0 Å². The molecule has 98 valence electrons. The van der Waals surface area contributed by atoms with E-state index in [0.717, 1.165) is 6.54 Å². The molecule has 0 saturated carbocycles. The molecule has 0 bridgehead atoms. The van der Waals surface area contributed by atoms with Gasteiger partial charge in [0.1, 0.15) is 0 Å². The van der Waals surface area contributed by atoms with E-state index in [0.29, 0.717) is 10.8 Å². The van der Waals surface area contributed by atoms with E-state index >= 15 is 0 Å². The van der Waals surface area contributed by atoms with Gasteiger partial charge in [-0.1, -0.05) is 34.6 Å². The van der Waals surface area contributed by atoms with Gasteiger partial charge in [-0.2, -0.15) is 0 Å². The zero-order valence-electron chi connectivity index (χ0n) is 12.2. The summed E-state index contributed by atoms with van der Waals surface area (Å²) in [6.07, 6.45) is 2.45. The Morgan fingerprint density at radius 1 is 1.12 bits per heavy atom. The first-order valence-corrected chi connectivity index (χ1v) is 7.30. The van der Waals surface area contributed by atoms with Gasteiger partial charge in [-0.15, -0.1) is 11.3 Å². The number of thiophene rings is 1. The first-order valence-electron chi connectivity index (χ1n) is 6.48. The highest BCUT2D eigenvalue weighted by molar-refractivity contribution is 7.12. The lowest BCUT2D eigenvalue weighted by atomic mass is 9.87. The molecule has 1 N–H and O–H groups in total. The fourth-order valence-corrected chi connectivity index (χ4v) is 3.01. The number of nitrogens with one attached hydrogen (secondary N) is 1. The smallest absolute Gasteiger partial charge is 0.0102 e. The molecule has 0 aliphatic carbocycles. The van der Waals surface area contributed by atoms with Crippen molar-refractivity contribution in [3.63, 3.8) is 0 Å². The van der Waals surface area contributed by atoms with Gasteiger partial charge >= 0.3 is 0 Å². The Morgan fingerprint density at radius 3 is 2.24 bits per heavy atom. The Labute approximate surface area is 111 Å². The van der Waals surface area contributed by atoms with Gasteiger partial charge in [0.2, 0.25) is 0 Å². The summed E-state index contributed by atoms with van der Waals surface area (Å²) in [6.45, 7) is 12.6. The molecule has 0 aliphatic rings. The summed E-state index contributed by atoms with van der Waals surface area (Å²) in [7, 11) is 2.03.